The lowest BCUT2D eigenvalue weighted by atomic mass is 10.3. The number of anilines is 1. The highest BCUT2D eigenvalue weighted by molar-refractivity contribution is 9.09. The first kappa shape index (κ1) is 11.3. The zero-order chi connectivity index (χ0) is 10.4. The van der Waals surface area contributed by atoms with E-state index in [-0.39, 0.29) is 5.23 Å². The van der Waals surface area contributed by atoms with E-state index < -0.39 is 0 Å². The van der Waals surface area contributed by atoms with Gasteiger partial charge in [-0.25, -0.2) is 0 Å². The average Bonchev–Trinajstić information content (AvgIpc) is 2.19. The number of rotatable bonds is 5. The van der Waals surface area contributed by atoms with Gasteiger partial charge in [-0.05, 0) is 30.7 Å². The topological polar surface area (TPSA) is 52.9 Å². The number of ether oxygens (including phenoxy) is 1. The Labute approximate surface area is 90.8 Å². The molecule has 0 aliphatic carbocycles. The molecule has 0 amide bonds. The fourth-order valence-electron chi connectivity index (χ4n) is 0.920. The van der Waals surface area contributed by atoms with Gasteiger partial charge in [0.25, 0.3) is 0 Å². The van der Waals surface area contributed by atoms with Gasteiger partial charge in [0.15, 0.2) is 0 Å². The fourth-order valence-corrected chi connectivity index (χ4v) is 1.15. The van der Waals surface area contributed by atoms with E-state index in [0.29, 0.717) is 12.3 Å². The summed E-state index contributed by atoms with van der Waals surface area (Å²) in [6, 6.07) is 6.49. The normalized spacial score (nSPS) is 9.93. The molecule has 1 rings (SSSR count). The van der Waals surface area contributed by atoms with Crippen LogP contribution in [0.4, 0.5) is 5.69 Å². The van der Waals surface area contributed by atoms with Crippen LogP contribution in [0.15, 0.2) is 24.3 Å². The van der Waals surface area contributed by atoms with Crippen LogP contribution >= 0.6 is 15.9 Å². The molecule has 0 radical (unpaired) electrons. The van der Waals surface area contributed by atoms with Crippen molar-refractivity contribution in [3.8, 4) is 5.75 Å². The van der Waals surface area contributed by atoms with E-state index in [0.717, 1.165) is 17.5 Å². The van der Waals surface area contributed by atoms with Crippen molar-refractivity contribution in [2.24, 2.45) is 0 Å². The van der Waals surface area contributed by atoms with E-state index in [2.05, 4.69) is 15.9 Å². The average molecular weight is 262 g/mol. The third kappa shape index (κ3) is 3.53. The summed E-state index contributed by atoms with van der Waals surface area (Å²) in [6.45, 7) is 0.645. The predicted molar refractivity (Wildman–Crippen MR) is 56.4 cm³/mol. The number of hydrogen-bond donors (Lipinski definition) is 2. The van der Waals surface area contributed by atoms with Crippen molar-refractivity contribution >= 4 is 21.6 Å². The Morgan fingerprint density at radius 1 is 1.21 bits per heavy atom. The molecule has 0 unspecified atom stereocenters. The predicted octanol–water partition coefficient (Wildman–Crippen LogP) is 2.44. The van der Waals surface area contributed by atoms with Crippen LogP contribution in [0.1, 0.15) is 6.42 Å². The van der Waals surface area contributed by atoms with Crippen LogP contribution in [-0.2, 0) is 0 Å². The Morgan fingerprint density at radius 2 is 1.86 bits per heavy atom. The van der Waals surface area contributed by atoms with E-state index >= 15 is 0 Å². The summed E-state index contributed by atoms with van der Waals surface area (Å²) in [6.07, 6.45) is 0.938. The molecule has 0 saturated heterocycles. The Hall–Kier alpha value is -0.780. The van der Waals surface area contributed by atoms with E-state index in [1.54, 1.807) is 24.3 Å². The van der Waals surface area contributed by atoms with Crippen LogP contribution in [0.2, 0.25) is 0 Å². The van der Waals surface area contributed by atoms with Crippen molar-refractivity contribution in [3.63, 3.8) is 0 Å². The summed E-state index contributed by atoms with van der Waals surface area (Å²) in [4.78, 5) is 0. The van der Waals surface area contributed by atoms with Crippen LogP contribution in [0.5, 0.6) is 5.75 Å². The van der Waals surface area contributed by atoms with Crippen LogP contribution < -0.4 is 9.96 Å². The van der Waals surface area contributed by atoms with Crippen molar-refractivity contribution in [1.82, 2.24) is 0 Å². The van der Waals surface area contributed by atoms with Crippen molar-refractivity contribution < 1.29 is 15.2 Å². The zero-order valence-electron chi connectivity index (χ0n) is 7.56. The summed E-state index contributed by atoms with van der Waals surface area (Å²) in [7, 11) is 0. The smallest absolute Gasteiger partial charge is 0.119 e. The van der Waals surface area contributed by atoms with Gasteiger partial charge in [0.1, 0.15) is 5.75 Å². The van der Waals surface area contributed by atoms with Crippen molar-refractivity contribution in [1.29, 1.82) is 0 Å². The molecule has 0 saturated carbocycles. The minimum atomic E-state index is 0.0717. The summed E-state index contributed by atoms with van der Waals surface area (Å²) in [5.74, 6) is 0.719. The molecular formula is C9H12BrNO3. The van der Waals surface area contributed by atoms with E-state index in [9.17, 15) is 0 Å². The standard InChI is InChI=1S/C9H12BrNO3/c10-6-1-7-14-9-4-2-8(3-5-9)11(12)13/h2-5,12-13H,1,6-7H2. The molecule has 1 aromatic carbocycles. The zero-order valence-corrected chi connectivity index (χ0v) is 9.14. The molecule has 5 heteroatoms. The third-order valence-electron chi connectivity index (χ3n) is 1.61. The van der Waals surface area contributed by atoms with Crippen molar-refractivity contribution in [2.45, 2.75) is 6.42 Å². The number of benzene rings is 1. The molecule has 0 bridgehead atoms. The first-order valence-electron chi connectivity index (χ1n) is 4.21. The van der Waals surface area contributed by atoms with E-state index in [4.69, 9.17) is 15.2 Å². The highest BCUT2D eigenvalue weighted by atomic mass is 79.9. The second-order valence-electron chi connectivity index (χ2n) is 2.67. The molecule has 0 aromatic heterocycles. The molecule has 0 aliphatic heterocycles. The largest absolute Gasteiger partial charge is 0.494 e. The van der Waals surface area contributed by atoms with Crippen molar-refractivity contribution in [2.75, 3.05) is 17.2 Å². The molecule has 4 nitrogen and oxygen atoms in total. The Bertz CT molecular complexity index is 263. The minimum Gasteiger partial charge on any atom is -0.494 e. The molecule has 1 aromatic rings. The monoisotopic (exact) mass is 261 g/mol. The van der Waals surface area contributed by atoms with Gasteiger partial charge in [0.05, 0.1) is 12.3 Å². The maximum Gasteiger partial charge on any atom is 0.119 e. The highest BCUT2D eigenvalue weighted by Gasteiger charge is 1.98. The lowest BCUT2D eigenvalue weighted by Gasteiger charge is -2.09. The van der Waals surface area contributed by atoms with Crippen LogP contribution in [0.25, 0.3) is 0 Å². The summed E-state index contributed by atoms with van der Waals surface area (Å²) in [5, 5.41) is 18.3. The third-order valence-corrected chi connectivity index (χ3v) is 2.18. The lowest BCUT2D eigenvalue weighted by Crippen LogP contribution is -2.10. The number of hydrogen-bond acceptors (Lipinski definition) is 4. The van der Waals surface area contributed by atoms with Gasteiger partial charge < -0.3 is 4.74 Å². The number of halogens is 1. The molecule has 0 heterocycles. The quantitative estimate of drug-likeness (QED) is 0.486. The van der Waals surface area contributed by atoms with Crippen LogP contribution in [0, 0.1) is 0 Å². The van der Waals surface area contributed by atoms with Crippen LogP contribution in [-0.4, -0.2) is 22.4 Å². The molecule has 0 atom stereocenters. The molecule has 0 spiro atoms. The second kappa shape index (κ2) is 5.85. The summed E-state index contributed by atoms with van der Waals surface area (Å²) >= 11 is 3.30. The number of alkyl halides is 1. The van der Waals surface area contributed by atoms with Gasteiger partial charge in [-0.1, -0.05) is 15.9 Å². The maximum atomic E-state index is 8.67. The molecule has 2 N–H and O–H groups in total. The van der Waals surface area contributed by atoms with Crippen molar-refractivity contribution in [3.05, 3.63) is 24.3 Å². The highest BCUT2D eigenvalue weighted by Crippen LogP contribution is 2.17. The Morgan fingerprint density at radius 3 is 2.36 bits per heavy atom. The summed E-state index contributed by atoms with van der Waals surface area (Å²) < 4.78 is 5.37. The minimum absolute atomic E-state index is 0.0717. The number of nitrogens with zero attached hydrogens (tertiary/aromatic N) is 1. The second-order valence-corrected chi connectivity index (χ2v) is 3.47. The molecule has 14 heavy (non-hydrogen) atoms. The van der Waals surface area contributed by atoms with E-state index in [1.165, 1.54) is 0 Å². The van der Waals surface area contributed by atoms with Crippen LogP contribution in [0.3, 0.4) is 0 Å². The SMILES string of the molecule is ON(O)c1ccc(OCCCBr)cc1. The van der Waals surface area contributed by atoms with Gasteiger partial charge in [-0.2, -0.15) is 0 Å². The molecular weight excluding hydrogens is 250 g/mol. The Balaban J connectivity index is 2.47. The molecule has 0 fully saturated rings. The molecule has 0 aliphatic rings. The van der Waals surface area contributed by atoms with Gasteiger partial charge >= 0.3 is 0 Å². The summed E-state index contributed by atoms with van der Waals surface area (Å²) in [5.41, 5.74) is 0.304. The van der Waals surface area contributed by atoms with Gasteiger partial charge in [0.2, 0.25) is 0 Å². The van der Waals surface area contributed by atoms with Gasteiger partial charge in [-0.15, -0.1) is 5.23 Å². The van der Waals surface area contributed by atoms with E-state index in [1.807, 2.05) is 0 Å². The van der Waals surface area contributed by atoms with Gasteiger partial charge in [-0.3, -0.25) is 10.4 Å². The first-order valence-corrected chi connectivity index (χ1v) is 5.33. The fraction of sp³-hybridized carbons (Fsp3) is 0.333. The molecule has 78 valence electrons. The first-order chi connectivity index (χ1) is 6.74. The maximum absolute atomic E-state index is 8.67. The lowest BCUT2D eigenvalue weighted by molar-refractivity contribution is 0.0291. The Kier molecular flexibility index (Phi) is 4.72. The van der Waals surface area contributed by atoms with Gasteiger partial charge in [0, 0.05) is 5.33 Å².